The smallest absolute Gasteiger partial charge is 0.0495 e. The molecular weight excluding hydrogens is 200 g/mol. The molecule has 0 bridgehead atoms. The summed E-state index contributed by atoms with van der Waals surface area (Å²) in [6, 6.07) is 0.379. The van der Waals surface area contributed by atoms with E-state index in [0.29, 0.717) is 12.0 Å². The van der Waals surface area contributed by atoms with Crippen molar-refractivity contribution in [2.45, 2.75) is 51.0 Å². The summed E-state index contributed by atoms with van der Waals surface area (Å²) in [4.78, 5) is 0. The fourth-order valence-electron chi connectivity index (χ4n) is 2.79. The van der Waals surface area contributed by atoms with E-state index < -0.39 is 0 Å². The largest absolute Gasteiger partial charge is 0.381 e. The quantitative estimate of drug-likeness (QED) is 0.437. The molecule has 1 fully saturated rings. The van der Waals surface area contributed by atoms with Crippen LogP contribution in [0.2, 0.25) is 0 Å². The van der Waals surface area contributed by atoms with Gasteiger partial charge in [-0.25, -0.2) is 0 Å². The zero-order valence-electron chi connectivity index (χ0n) is 10.1. The number of rotatable bonds is 4. The standard InChI is InChI=1S/C13H24N2O/c14-15-13(9-11-7-8-16-10-11)12-5-3-1-2-4-6-12/h5,11,13,15H,1-4,6-10,14H2. The Kier molecular flexibility index (Phi) is 4.82. The number of nitrogens with two attached hydrogens (primary N) is 1. The predicted molar refractivity (Wildman–Crippen MR) is 65.8 cm³/mol. The van der Waals surface area contributed by atoms with Gasteiger partial charge in [0.1, 0.15) is 0 Å². The van der Waals surface area contributed by atoms with E-state index in [1.807, 2.05) is 0 Å². The third-order valence-electron chi connectivity index (χ3n) is 3.82. The van der Waals surface area contributed by atoms with Gasteiger partial charge in [-0.15, -0.1) is 0 Å². The van der Waals surface area contributed by atoms with E-state index in [9.17, 15) is 0 Å². The van der Waals surface area contributed by atoms with E-state index in [0.717, 1.165) is 19.6 Å². The molecule has 0 aromatic carbocycles. The molecule has 2 atom stereocenters. The highest BCUT2D eigenvalue weighted by Gasteiger charge is 2.22. The number of hydrazine groups is 1. The van der Waals surface area contributed by atoms with E-state index in [1.54, 1.807) is 0 Å². The molecule has 3 heteroatoms. The predicted octanol–water partition coefficient (Wildman–Crippen LogP) is 2.14. The van der Waals surface area contributed by atoms with Crippen molar-refractivity contribution in [1.82, 2.24) is 5.43 Å². The molecule has 0 amide bonds. The molecule has 2 rings (SSSR count). The Labute approximate surface area is 98.4 Å². The van der Waals surface area contributed by atoms with Crippen LogP contribution < -0.4 is 11.3 Å². The lowest BCUT2D eigenvalue weighted by Crippen LogP contribution is -2.38. The average Bonchev–Trinajstić information content (AvgIpc) is 2.67. The van der Waals surface area contributed by atoms with Crippen LogP contribution in [0.1, 0.15) is 44.9 Å². The lowest BCUT2D eigenvalue weighted by atomic mass is 9.92. The Morgan fingerprint density at radius 3 is 3.12 bits per heavy atom. The molecule has 2 unspecified atom stereocenters. The molecule has 0 aromatic rings. The van der Waals surface area contributed by atoms with Crippen molar-refractivity contribution in [3.63, 3.8) is 0 Å². The monoisotopic (exact) mass is 224 g/mol. The summed E-state index contributed by atoms with van der Waals surface area (Å²) in [6.07, 6.45) is 11.2. The fraction of sp³-hybridized carbons (Fsp3) is 0.846. The highest BCUT2D eigenvalue weighted by atomic mass is 16.5. The normalized spacial score (nSPS) is 28.6. The van der Waals surface area contributed by atoms with Gasteiger partial charge in [0.05, 0.1) is 0 Å². The molecule has 2 aliphatic rings. The van der Waals surface area contributed by atoms with Crippen molar-refractivity contribution in [2.75, 3.05) is 13.2 Å². The molecule has 3 nitrogen and oxygen atoms in total. The first-order valence-electron chi connectivity index (χ1n) is 6.63. The van der Waals surface area contributed by atoms with Crippen LogP contribution in [0, 0.1) is 5.92 Å². The van der Waals surface area contributed by atoms with Crippen molar-refractivity contribution in [3.8, 4) is 0 Å². The van der Waals surface area contributed by atoms with Crippen LogP contribution in [0.5, 0.6) is 0 Å². The molecule has 1 aliphatic heterocycles. The summed E-state index contributed by atoms with van der Waals surface area (Å²) in [6.45, 7) is 1.85. The van der Waals surface area contributed by atoms with Gasteiger partial charge in [-0.05, 0) is 44.4 Å². The van der Waals surface area contributed by atoms with Gasteiger partial charge in [-0.2, -0.15) is 0 Å². The molecule has 0 saturated carbocycles. The SMILES string of the molecule is NNC(CC1CCOC1)C1=CCCCCC1. The number of allylic oxidation sites excluding steroid dienone is 1. The first-order valence-corrected chi connectivity index (χ1v) is 6.63. The molecular formula is C13H24N2O. The van der Waals surface area contributed by atoms with Crippen LogP contribution in [-0.4, -0.2) is 19.3 Å². The van der Waals surface area contributed by atoms with E-state index >= 15 is 0 Å². The molecule has 92 valence electrons. The summed E-state index contributed by atoms with van der Waals surface area (Å²) in [7, 11) is 0. The maximum atomic E-state index is 5.70. The van der Waals surface area contributed by atoms with Gasteiger partial charge in [-0.1, -0.05) is 18.1 Å². The highest BCUT2D eigenvalue weighted by Crippen LogP contribution is 2.26. The van der Waals surface area contributed by atoms with Crippen LogP contribution in [0.15, 0.2) is 11.6 Å². The van der Waals surface area contributed by atoms with Gasteiger partial charge in [0, 0.05) is 19.3 Å². The Morgan fingerprint density at radius 2 is 2.38 bits per heavy atom. The third kappa shape index (κ3) is 3.30. The summed E-state index contributed by atoms with van der Waals surface area (Å²) >= 11 is 0. The van der Waals surface area contributed by atoms with E-state index in [-0.39, 0.29) is 0 Å². The van der Waals surface area contributed by atoms with Crippen molar-refractivity contribution >= 4 is 0 Å². The van der Waals surface area contributed by atoms with Crippen LogP contribution in [0.4, 0.5) is 0 Å². The van der Waals surface area contributed by atoms with E-state index in [2.05, 4.69) is 11.5 Å². The molecule has 1 aliphatic carbocycles. The zero-order chi connectivity index (χ0) is 11.2. The Balaban J connectivity index is 1.89. The zero-order valence-corrected chi connectivity index (χ0v) is 10.1. The maximum Gasteiger partial charge on any atom is 0.0495 e. The summed E-state index contributed by atoms with van der Waals surface area (Å²) in [5.74, 6) is 6.40. The second-order valence-corrected chi connectivity index (χ2v) is 5.06. The van der Waals surface area contributed by atoms with E-state index in [1.165, 1.54) is 44.1 Å². The molecule has 0 aromatic heterocycles. The van der Waals surface area contributed by atoms with Gasteiger partial charge >= 0.3 is 0 Å². The number of nitrogens with one attached hydrogen (secondary N) is 1. The van der Waals surface area contributed by atoms with Gasteiger partial charge in [-0.3, -0.25) is 11.3 Å². The minimum atomic E-state index is 0.379. The first kappa shape index (κ1) is 12.1. The Hall–Kier alpha value is -0.380. The Morgan fingerprint density at radius 1 is 1.44 bits per heavy atom. The second-order valence-electron chi connectivity index (χ2n) is 5.06. The van der Waals surface area contributed by atoms with Gasteiger partial charge < -0.3 is 4.74 Å². The van der Waals surface area contributed by atoms with E-state index in [4.69, 9.17) is 10.6 Å². The highest BCUT2D eigenvalue weighted by molar-refractivity contribution is 5.12. The number of hydrogen-bond donors (Lipinski definition) is 2. The molecule has 16 heavy (non-hydrogen) atoms. The summed E-state index contributed by atoms with van der Waals surface area (Å²) < 4.78 is 5.43. The number of ether oxygens (including phenoxy) is 1. The Bertz CT molecular complexity index is 234. The maximum absolute atomic E-state index is 5.70. The molecule has 0 radical (unpaired) electrons. The van der Waals surface area contributed by atoms with Crippen molar-refractivity contribution in [2.24, 2.45) is 11.8 Å². The summed E-state index contributed by atoms with van der Waals surface area (Å²) in [5.41, 5.74) is 4.54. The van der Waals surface area contributed by atoms with Gasteiger partial charge in [0.2, 0.25) is 0 Å². The third-order valence-corrected chi connectivity index (χ3v) is 3.82. The van der Waals surface area contributed by atoms with Crippen molar-refractivity contribution in [3.05, 3.63) is 11.6 Å². The van der Waals surface area contributed by atoms with Crippen molar-refractivity contribution in [1.29, 1.82) is 0 Å². The van der Waals surface area contributed by atoms with Crippen LogP contribution in [-0.2, 0) is 4.74 Å². The average molecular weight is 224 g/mol. The lowest BCUT2D eigenvalue weighted by Gasteiger charge is -2.22. The second kappa shape index (κ2) is 6.38. The van der Waals surface area contributed by atoms with Gasteiger partial charge in [0.15, 0.2) is 0 Å². The summed E-state index contributed by atoms with van der Waals surface area (Å²) in [5, 5.41) is 0. The van der Waals surface area contributed by atoms with Crippen molar-refractivity contribution < 1.29 is 4.74 Å². The molecule has 1 heterocycles. The topological polar surface area (TPSA) is 47.3 Å². The molecule has 3 N–H and O–H groups in total. The van der Waals surface area contributed by atoms with Crippen LogP contribution in [0.25, 0.3) is 0 Å². The fourth-order valence-corrected chi connectivity index (χ4v) is 2.79. The lowest BCUT2D eigenvalue weighted by molar-refractivity contribution is 0.182. The van der Waals surface area contributed by atoms with Crippen LogP contribution >= 0.6 is 0 Å². The van der Waals surface area contributed by atoms with Crippen LogP contribution in [0.3, 0.4) is 0 Å². The molecule has 1 saturated heterocycles. The first-order chi connectivity index (χ1) is 7.90. The number of hydrogen-bond acceptors (Lipinski definition) is 3. The van der Waals surface area contributed by atoms with Gasteiger partial charge in [0.25, 0.3) is 0 Å². The minimum absolute atomic E-state index is 0.379. The minimum Gasteiger partial charge on any atom is -0.381 e. The molecule has 0 spiro atoms.